The molecule has 0 saturated heterocycles. The zero-order valence-corrected chi connectivity index (χ0v) is 8.93. The molecule has 0 aliphatic rings. The monoisotopic (exact) mass is 216 g/mol. The van der Waals surface area contributed by atoms with E-state index in [2.05, 4.69) is 6.92 Å². The molecule has 82 valence electrons. The van der Waals surface area contributed by atoms with Crippen molar-refractivity contribution in [1.82, 2.24) is 0 Å². The highest BCUT2D eigenvalue weighted by Crippen LogP contribution is 2.21. The van der Waals surface area contributed by atoms with Gasteiger partial charge in [0.25, 0.3) is 0 Å². The second kappa shape index (κ2) is 4.23. The van der Waals surface area contributed by atoms with E-state index in [9.17, 15) is 9.90 Å². The maximum atomic E-state index is 11.1. The number of rotatable bonds is 2. The van der Waals surface area contributed by atoms with Gasteiger partial charge in [-0.05, 0) is 12.0 Å². The Morgan fingerprint density at radius 3 is 2.44 bits per heavy atom. The van der Waals surface area contributed by atoms with E-state index in [-0.39, 0.29) is 5.75 Å². The number of hydrogen-bond donors (Lipinski definition) is 1. The van der Waals surface area contributed by atoms with Gasteiger partial charge >= 0.3 is 5.63 Å². The van der Waals surface area contributed by atoms with Gasteiger partial charge in [-0.15, -0.1) is 0 Å². The van der Waals surface area contributed by atoms with Crippen molar-refractivity contribution < 1.29 is 9.52 Å². The Morgan fingerprint density at radius 1 is 1.19 bits per heavy atom. The molecule has 3 nitrogen and oxygen atoms in total. The lowest BCUT2D eigenvalue weighted by Gasteiger charge is -2.01. The van der Waals surface area contributed by atoms with Crippen LogP contribution in [0.2, 0.25) is 0 Å². The Bertz CT molecular complexity index is 538. The molecule has 0 spiro atoms. The Morgan fingerprint density at radius 2 is 1.88 bits per heavy atom. The molecule has 0 saturated carbocycles. The first-order valence-corrected chi connectivity index (χ1v) is 5.12. The number of benzene rings is 1. The summed E-state index contributed by atoms with van der Waals surface area (Å²) in [6.07, 6.45) is 0.963. The lowest BCUT2D eigenvalue weighted by molar-refractivity contribution is 0.453. The normalized spacial score (nSPS) is 10.3. The third-order valence-electron chi connectivity index (χ3n) is 2.40. The van der Waals surface area contributed by atoms with Gasteiger partial charge in [0, 0.05) is 11.6 Å². The lowest BCUT2D eigenvalue weighted by atomic mass is 10.1. The van der Waals surface area contributed by atoms with Crippen LogP contribution in [0.1, 0.15) is 12.5 Å². The predicted molar refractivity (Wildman–Crippen MR) is 61.5 cm³/mol. The molecule has 2 aromatic rings. The second-order valence-corrected chi connectivity index (χ2v) is 3.55. The minimum absolute atomic E-state index is 0.0779. The first-order chi connectivity index (χ1) is 7.69. The molecule has 0 aliphatic heterocycles. The smallest absolute Gasteiger partial charge is 0.339 e. The largest absolute Gasteiger partial charge is 0.508 e. The standard InChI is InChI=1S/C13H12O3/c1-2-9-3-5-10(6-4-9)12-7-11(14)8-13(15)16-12/h3-8,14H,2H2,1H3. The summed E-state index contributed by atoms with van der Waals surface area (Å²) < 4.78 is 5.00. The minimum atomic E-state index is -0.547. The first-order valence-electron chi connectivity index (χ1n) is 5.12. The van der Waals surface area contributed by atoms with Crippen LogP contribution in [0.4, 0.5) is 0 Å². The molecular weight excluding hydrogens is 204 g/mol. The van der Waals surface area contributed by atoms with Crippen molar-refractivity contribution in [2.75, 3.05) is 0 Å². The van der Waals surface area contributed by atoms with Crippen molar-refractivity contribution in [1.29, 1.82) is 0 Å². The maximum Gasteiger partial charge on any atom is 0.339 e. The Labute approximate surface area is 93.0 Å². The summed E-state index contributed by atoms with van der Waals surface area (Å²) in [7, 11) is 0. The average Bonchev–Trinajstić information content (AvgIpc) is 2.28. The van der Waals surface area contributed by atoms with E-state index in [1.807, 2.05) is 24.3 Å². The fraction of sp³-hybridized carbons (Fsp3) is 0.154. The van der Waals surface area contributed by atoms with E-state index in [0.29, 0.717) is 5.76 Å². The van der Waals surface area contributed by atoms with Crippen molar-refractivity contribution in [2.24, 2.45) is 0 Å². The van der Waals surface area contributed by atoms with Crippen LogP contribution < -0.4 is 5.63 Å². The van der Waals surface area contributed by atoms with Gasteiger partial charge in [0.05, 0.1) is 6.07 Å². The molecule has 0 atom stereocenters. The summed E-state index contributed by atoms with van der Waals surface area (Å²) in [5.74, 6) is 0.304. The van der Waals surface area contributed by atoms with Crippen LogP contribution in [-0.2, 0) is 6.42 Å². The van der Waals surface area contributed by atoms with E-state index in [1.54, 1.807) is 0 Å². The van der Waals surface area contributed by atoms with Gasteiger partial charge in [-0.25, -0.2) is 4.79 Å². The Hall–Kier alpha value is -2.03. The van der Waals surface area contributed by atoms with Crippen LogP contribution >= 0.6 is 0 Å². The topological polar surface area (TPSA) is 50.4 Å². The molecular formula is C13H12O3. The van der Waals surface area contributed by atoms with Gasteiger partial charge in [-0.2, -0.15) is 0 Å². The van der Waals surface area contributed by atoms with Crippen LogP contribution in [0, 0.1) is 0 Å². The van der Waals surface area contributed by atoms with E-state index in [4.69, 9.17) is 4.42 Å². The maximum absolute atomic E-state index is 11.1. The SMILES string of the molecule is CCc1ccc(-c2cc(O)cc(=O)o2)cc1. The Balaban J connectivity index is 2.46. The van der Waals surface area contributed by atoms with Crippen LogP contribution in [-0.4, -0.2) is 5.11 Å². The van der Waals surface area contributed by atoms with Crippen molar-refractivity contribution >= 4 is 0 Å². The molecule has 0 fully saturated rings. The van der Waals surface area contributed by atoms with Crippen LogP contribution in [0.3, 0.4) is 0 Å². The summed E-state index contributed by atoms with van der Waals surface area (Å²) in [5.41, 5.74) is 1.45. The molecule has 16 heavy (non-hydrogen) atoms. The highest BCUT2D eigenvalue weighted by Gasteiger charge is 2.03. The Kier molecular flexibility index (Phi) is 2.77. The minimum Gasteiger partial charge on any atom is -0.508 e. The zero-order chi connectivity index (χ0) is 11.5. The molecule has 0 radical (unpaired) electrons. The summed E-state index contributed by atoms with van der Waals surface area (Å²) in [6.45, 7) is 2.07. The third-order valence-corrected chi connectivity index (χ3v) is 2.40. The van der Waals surface area contributed by atoms with Crippen LogP contribution in [0.15, 0.2) is 45.6 Å². The van der Waals surface area contributed by atoms with E-state index >= 15 is 0 Å². The molecule has 2 rings (SSSR count). The van der Waals surface area contributed by atoms with Gasteiger partial charge in [0.1, 0.15) is 11.5 Å². The molecule has 1 N–H and O–H groups in total. The summed E-state index contributed by atoms with van der Waals surface area (Å²) in [6, 6.07) is 10.2. The molecule has 0 bridgehead atoms. The van der Waals surface area contributed by atoms with E-state index in [1.165, 1.54) is 11.6 Å². The van der Waals surface area contributed by atoms with Crippen molar-refractivity contribution in [3.63, 3.8) is 0 Å². The molecule has 1 aromatic carbocycles. The predicted octanol–water partition coefficient (Wildman–Crippen LogP) is 2.57. The summed E-state index contributed by atoms with van der Waals surface area (Å²) >= 11 is 0. The van der Waals surface area contributed by atoms with E-state index < -0.39 is 5.63 Å². The highest BCUT2D eigenvalue weighted by atomic mass is 16.4. The summed E-state index contributed by atoms with van der Waals surface area (Å²) in [5, 5.41) is 9.30. The van der Waals surface area contributed by atoms with Crippen molar-refractivity contribution in [3.05, 3.63) is 52.4 Å². The number of aryl methyl sites for hydroxylation is 1. The molecule has 0 aliphatic carbocycles. The molecule has 1 aromatic heterocycles. The van der Waals surface area contributed by atoms with Gasteiger partial charge in [0.2, 0.25) is 0 Å². The zero-order valence-electron chi connectivity index (χ0n) is 8.93. The van der Waals surface area contributed by atoms with Gasteiger partial charge in [0.15, 0.2) is 0 Å². The number of hydrogen-bond acceptors (Lipinski definition) is 3. The average molecular weight is 216 g/mol. The quantitative estimate of drug-likeness (QED) is 0.839. The molecule has 1 heterocycles. The van der Waals surface area contributed by atoms with Crippen LogP contribution in [0.5, 0.6) is 5.75 Å². The molecule has 0 amide bonds. The van der Waals surface area contributed by atoms with Crippen LogP contribution in [0.25, 0.3) is 11.3 Å². The third kappa shape index (κ3) is 2.14. The molecule has 0 unspecified atom stereocenters. The first kappa shape index (κ1) is 10.5. The van der Waals surface area contributed by atoms with E-state index in [0.717, 1.165) is 18.1 Å². The second-order valence-electron chi connectivity index (χ2n) is 3.55. The van der Waals surface area contributed by atoms with Crippen molar-refractivity contribution in [3.8, 4) is 17.1 Å². The number of aromatic hydroxyl groups is 1. The fourth-order valence-electron chi connectivity index (χ4n) is 1.51. The van der Waals surface area contributed by atoms with Gasteiger partial charge in [-0.3, -0.25) is 0 Å². The fourth-order valence-corrected chi connectivity index (χ4v) is 1.51. The van der Waals surface area contributed by atoms with Gasteiger partial charge < -0.3 is 9.52 Å². The lowest BCUT2D eigenvalue weighted by Crippen LogP contribution is -1.96. The van der Waals surface area contributed by atoms with Gasteiger partial charge in [-0.1, -0.05) is 31.2 Å². The summed E-state index contributed by atoms with van der Waals surface area (Å²) in [4.78, 5) is 11.1. The molecule has 3 heteroatoms. The van der Waals surface area contributed by atoms with Crippen molar-refractivity contribution in [2.45, 2.75) is 13.3 Å². The highest BCUT2D eigenvalue weighted by molar-refractivity contribution is 5.58.